The van der Waals surface area contributed by atoms with E-state index in [1.807, 2.05) is 34.6 Å². The normalized spacial score (nSPS) is 10.7. The molecule has 1 rings (SSSR count). The minimum Gasteiger partial charge on any atom is -0.490 e. The summed E-state index contributed by atoms with van der Waals surface area (Å²) in [7, 11) is 0. The van der Waals surface area contributed by atoms with Crippen LogP contribution >= 0.6 is 0 Å². The first-order valence-corrected chi connectivity index (χ1v) is 9.19. The van der Waals surface area contributed by atoms with Gasteiger partial charge in [0.05, 0.1) is 38.6 Å². The molecule has 6 nitrogen and oxygen atoms in total. The van der Waals surface area contributed by atoms with Crippen molar-refractivity contribution >= 4 is 12.0 Å². The predicted octanol–water partition coefficient (Wildman–Crippen LogP) is 4.25. The summed E-state index contributed by atoms with van der Waals surface area (Å²) in [4.78, 5) is 11.9. The van der Waals surface area contributed by atoms with Crippen molar-refractivity contribution in [3.05, 3.63) is 17.7 Å². The Kier molecular flexibility index (Phi) is 10.1. The summed E-state index contributed by atoms with van der Waals surface area (Å²) in [5.74, 6) is 1.70. The summed E-state index contributed by atoms with van der Waals surface area (Å²) < 4.78 is 28.1. The van der Waals surface area contributed by atoms with Gasteiger partial charge in [0.25, 0.3) is 0 Å². The van der Waals surface area contributed by atoms with Gasteiger partial charge in [-0.15, -0.1) is 0 Å². The summed E-state index contributed by atoms with van der Waals surface area (Å²) in [6.45, 7) is 11.7. The molecular weight excluding hydrogens is 336 g/mol. The van der Waals surface area contributed by atoms with Gasteiger partial charge in [0, 0.05) is 12.1 Å². The summed E-state index contributed by atoms with van der Waals surface area (Å²) >= 11 is 0. The lowest BCUT2D eigenvalue weighted by atomic mass is 10.1. The molecule has 1 aromatic rings. The topological polar surface area (TPSA) is 63.2 Å². The smallest absolute Gasteiger partial charge is 0.330 e. The molecule has 1 aromatic carbocycles. The molecule has 26 heavy (non-hydrogen) atoms. The van der Waals surface area contributed by atoms with E-state index in [9.17, 15) is 4.79 Å². The van der Waals surface area contributed by atoms with E-state index >= 15 is 0 Å². The molecule has 0 saturated carbocycles. The molecule has 0 saturated heterocycles. The molecule has 0 fully saturated rings. The van der Waals surface area contributed by atoms with Crippen LogP contribution in [0.4, 0.5) is 0 Å². The van der Waals surface area contributed by atoms with Crippen LogP contribution < -0.4 is 18.9 Å². The summed E-state index contributed by atoms with van der Waals surface area (Å²) in [5.41, 5.74) is 0.594. The van der Waals surface area contributed by atoms with Crippen molar-refractivity contribution in [3.63, 3.8) is 0 Å². The molecule has 0 amide bonds. The Morgan fingerprint density at radius 2 is 1.35 bits per heavy atom. The van der Waals surface area contributed by atoms with E-state index in [4.69, 9.17) is 23.7 Å². The third-order valence-electron chi connectivity index (χ3n) is 3.21. The lowest BCUT2D eigenvalue weighted by Gasteiger charge is -2.20. The molecule has 0 bridgehead atoms. The molecule has 0 unspecified atom stereocenters. The number of benzene rings is 1. The Morgan fingerprint density at radius 1 is 0.846 bits per heavy atom. The quantitative estimate of drug-likeness (QED) is 0.407. The van der Waals surface area contributed by atoms with Crippen molar-refractivity contribution in [2.24, 2.45) is 0 Å². The average Bonchev–Trinajstić information content (AvgIpc) is 2.63. The molecule has 0 N–H and O–H groups in total. The maximum absolute atomic E-state index is 11.9. The van der Waals surface area contributed by atoms with E-state index < -0.39 is 5.97 Å². The Balaban J connectivity index is 3.45. The molecule has 146 valence electrons. The first-order valence-electron chi connectivity index (χ1n) is 9.19. The first kappa shape index (κ1) is 21.7. The van der Waals surface area contributed by atoms with Gasteiger partial charge in [-0.1, -0.05) is 6.92 Å². The van der Waals surface area contributed by atoms with Crippen molar-refractivity contribution in [1.82, 2.24) is 0 Å². The standard InChI is InChI=1S/C20H30O6/c1-6-13-26-18(21)12-11-15-19(24-9-4)16(22-7-2)14-17(23-8-3)20(15)25-10-5/h11-12,14H,6-10,13H2,1-5H3. The fourth-order valence-electron chi connectivity index (χ4n) is 2.28. The molecular formula is C20H30O6. The van der Waals surface area contributed by atoms with Gasteiger partial charge < -0.3 is 23.7 Å². The maximum Gasteiger partial charge on any atom is 0.330 e. The van der Waals surface area contributed by atoms with Gasteiger partial charge in [0.1, 0.15) is 0 Å². The zero-order valence-electron chi connectivity index (χ0n) is 16.4. The largest absolute Gasteiger partial charge is 0.490 e. The number of esters is 1. The maximum atomic E-state index is 11.9. The molecule has 0 aliphatic heterocycles. The van der Waals surface area contributed by atoms with E-state index in [0.29, 0.717) is 61.6 Å². The van der Waals surface area contributed by atoms with Crippen LogP contribution in [0.25, 0.3) is 6.08 Å². The second-order valence-electron chi connectivity index (χ2n) is 5.18. The number of hydrogen-bond donors (Lipinski definition) is 0. The van der Waals surface area contributed by atoms with Crippen molar-refractivity contribution < 1.29 is 28.5 Å². The highest BCUT2D eigenvalue weighted by atomic mass is 16.5. The van der Waals surface area contributed by atoms with E-state index in [1.165, 1.54) is 6.08 Å². The molecule has 0 aliphatic carbocycles. The van der Waals surface area contributed by atoms with Gasteiger partial charge in [-0.05, 0) is 40.2 Å². The highest BCUT2D eigenvalue weighted by Crippen LogP contribution is 2.45. The number of hydrogen-bond acceptors (Lipinski definition) is 6. The first-order chi connectivity index (χ1) is 12.6. The molecule has 0 aromatic heterocycles. The van der Waals surface area contributed by atoms with Gasteiger partial charge in [0.15, 0.2) is 23.0 Å². The van der Waals surface area contributed by atoms with Crippen LogP contribution in [-0.4, -0.2) is 39.0 Å². The second kappa shape index (κ2) is 12.1. The lowest BCUT2D eigenvalue weighted by molar-refractivity contribution is -0.137. The van der Waals surface area contributed by atoms with Crippen LogP contribution in [0.1, 0.15) is 46.6 Å². The minimum atomic E-state index is -0.420. The Bertz CT molecular complexity index is 560. The van der Waals surface area contributed by atoms with Crippen LogP contribution in [0.2, 0.25) is 0 Å². The SMILES string of the molecule is CCCOC(=O)C=Cc1c(OCC)c(OCC)cc(OCC)c1OCC. The van der Waals surface area contributed by atoms with Crippen LogP contribution in [0.5, 0.6) is 23.0 Å². The number of carbonyl (C=O) groups excluding carboxylic acids is 1. The predicted molar refractivity (Wildman–Crippen MR) is 101 cm³/mol. The highest BCUT2D eigenvalue weighted by molar-refractivity contribution is 5.89. The Morgan fingerprint density at radius 3 is 1.77 bits per heavy atom. The highest BCUT2D eigenvalue weighted by Gasteiger charge is 2.21. The number of carbonyl (C=O) groups is 1. The second-order valence-corrected chi connectivity index (χ2v) is 5.18. The minimum absolute atomic E-state index is 0.378. The van der Waals surface area contributed by atoms with Gasteiger partial charge in [-0.25, -0.2) is 4.79 Å². The van der Waals surface area contributed by atoms with Gasteiger partial charge in [0.2, 0.25) is 0 Å². The van der Waals surface area contributed by atoms with Crippen molar-refractivity contribution in [3.8, 4) is 23.0 Å². The van der Waals surface area contributed by atoms with E-state index in [2.05, 4.69) is 0 Å². The third kappa shape index (κ3) is 6.17. The molecule has 6 heteroatoms. The van der Waals surface area contributed by atoms with E-state index in [-0.39, 0.29) is 0 Å². The fraction of sp³-hybridized carbons (Fsp3) is 0.550. The Labute approximate surface area is 156 Å². The van der Waals surface area contributed by atoms with Crippen LogP contribution in [-0.2, 0) is 9.53 Å². The zero-order chi connectivity index (χ0) is 19.4. The molecule has 0 atom stereocenters. The molecule has 0 spiro atoms. The lowest BCUT2D eigenvalue weighted by Crippen LogP contribution is -2.06. The average molecular weight is 366 g/mol. The number of rotatable bonds is 12. The van der Waals surface area contributed by atoms with Crippen LogP contribution in [0.3, 0.4) is 0 Å². The van der Waals surface area contributed by atoms with Crippen LogP contribution in [0.15, 0.2) is 12.1 Å². The van der Waals surface area contributed by atoms with Crippen molar-refractivity contribution in [1.29, 1.82) is 0 Å². The molecule has 0 radical (unpaired) electrons. The van der Waals surface area contributed by atoms with Gasteiger partial charge in [-0.3, -0.25) is 0 Å². The fourth-order valence-corrected chi connectivity index (χ4v) is 2.28. The zero-order valence-corrected chi connectivity index (χ0v) is 16.4. The van der Waals surface area contributed by atoms with E-state index in [0.717, 1.165) is 6.42 Å². The van der Waals surface area contributed by atoms with Gasteiger partial charge >= 0.3 is 5.97 Å². The monoisotopic (exact) mass is 366 g/mol. The van der Waals surface area contributed by atoms with Crippen molar-refractivity contribution in [2.45, 2.75) is 41.0 Å². The Hall–Kier alpha value is -2.37. The third-order valence-corrected chi connectivity index (χ3v) is 3.21. The van der Waals surface area contributed by atoms with Crippen LogP contribution in [0, 0.1) is 0 Å². The molecule has 0 heterocycles. The summed E-state index contributed by atoms with van der Waals surface area (Å²) in [6.07, 6.45) is 3.75. The summed E-state index contributed by atoms with van der Waals surface area (Å²) in [6, 6.07) is 1.76. The van der Waals surface area contributed by atoms with Gasteiger partial charge in [-0.2, -0.15) is 0 Å². The summed E-state index contributed by atoms with van der Waals surface area (Å²) in [5, 5.41) is 0. The molecule has 0 aliphatic rings. The van der Waals surface area contributed by atoms with E-state index in [1.54, 1.807) is 12.1 Å². The number of ether oxygens (including phenoxy) is 5. The van der Waals surface area contributed by atoms with Crippen molar-refractivity contribution in [2.75, 3.05) is 33.0 Å².